The molecule has 0 fully saturated rings. The second-order valence-corrected chi connectivity index (χ2v) is 4.93. The van der Waals surface area contributed by atoms with Gasteiger partial charge in [0.1, 0.15) is 10.4 Å². The molecule has 3 nitrogen and oxygen atoms in total. The SMILES string of the molecule is COC(=O)[C@@H](Br)c1ccc2oc(Br)cc2c1. The van der Waals surface area contributed by atoms with Crippen LogP contribution in [0.15, 0.2) is 33.4 Å². The maximum Gasteiger partial charge on any atom is 0.323 e. The van der Waals surface area contributed by atoms with E-state index in [9.17, 15) is 4.79 Å². The number of hydrogen-bond acceptors (Lipinski definition) is 3. The van der Waals surface area contributed by atoms with Gasteiger partial charge >= 0.3 is 5.97 Å². The summed E-state index contributed by atoms with van der Waals surface area (Å²) in [5.74, 6) is -0.318. The van der Waals surface area contributed by atoms with E-state index < -0.39 is 4.83 Å². The number of rotatable bonds is 2. The highest BCUT2D eigenvalue weighted by atomic mass is 79.9. The van der Waals surface area contributed by atoms with E-state index in [0.717, 1.165) is 16.5 Å². The van der Waals surface area contributed by atoms with E-state index in [1.54, 1.807) is 0 Å². The molecule has 0 aliphatic rings. The van der Waals surface area contributed by atoms with Crippen molar-refractivity contribution in [2.45, 2.75) is 4.83 Å². The third kappa shape index (κ3) is 2.15. The number of fused-ring (bicyclic) bond motifs is 1. The Labute approximate surface area is 109 Å². The van der Waals surface area contributed by atoms with Gasteiger partial charge in [-0.05, 0) is 39.7 Å². The quantitative estimate of drug-likeness (QED) is 0.612. The largest absolute Gasteiger partial charge is 0.468 e. The van der Waals surface area contributed by atoms with Gasteiger partial charge in [0, 0.05) is 5.39 Å². The zero-order valence-electron chi connectivity index (χ0n) is 8.37. The van der Waals surface area contributed by atoms with Crippen LogP contribution in [-0.4, -0.2) is 13.1 Å². The number of ether oxygens (including phenoxy) is 1. The van der Waals surface area contributed by atoms with E-state index >= 15 is 0 Å². The number of esters is 1. The molecule has 0 aliphatic heterocycles. The van der Waals surface area contributed by atoms with Crippen LogP contribution in [-0.2, 0) is 9.53 Å². The minimum atomic E-state index is -0.449. The number of alkyl halides is 1. The fourth-order valence-corrected chi connectivity index (χ4v) is 2.32. The van der Waals surface area contributed by atoms with Crippen LogP contribution in [0.2, 0.25) is 0 Å². The molecule has 2 rings (SSSR count). The summed E-state index contributed by atoms with van der Waals surface area (Å²) in [6, 6.07) is 7.40. The average Bonchev–Trinajstić information content (AvgIpc) is 2.65. The van der Waals surface area contributed by atoms with Crippen LogP contribution in [0.1, 0.15) is 10.4 Å². The molecule has 2 aromatic rings. The summed E-state index contributed by atoms with van der Waals surface area (Å²) < 4.78 is 10.7. The molecule has 0 saturated carbocycles. The van der Waals surface area contributed by atoms with Crippen molar-refractivity contribution in [2.24, 2.45) is 0 Å². The summed E-state index contributed by atoms with van der Waals surface area (Å²) in [4.78, 5) is 10.9. The molecule has 0 bridgehead atoms. The van der Waals surface area contributed by atoms with Crippen molar-refractivity contribution in [1.82, 2.24) is 0 Å². The van der Waals surface area contributed by atoms with E-state index in [0.29, 0.717) is 4.67 Å². The Morgan fingerprint density at radius 3 is 2.88 bits per heavy atom. The molecule has 0 unspecified atom stereocenters. The Morgan fingerprint density at radius 2 is 2.19 bits per heavy atom. The summed E-state index contributed by atoms with van der Waals surface area (Å²) in [6.45, 7) is 0. The third-order valence-corrected chi connectivity index (χ3v) is 3.50. The minimum Gasteiger partial charge on any atom is -0.468 e. The molecule has 0 radical (unpaired) electrons. The summed E-state index contributed by atoms with van der Waals surface area (Å²) in [6.07, 6.45) is 0. The Kier molecular flexibility index (Phi) is 3.35. The van der Waals surface area contributed by atoms with Crippen LogP contribution in [0.4, 0.5) is 0 Å². The van der Waals surface area contributed by atoms with Crippen molar-refractivity contribution in [3.05, 3.63) is 34.5 Å². The van der Waals surface area contributed by atoms with Crippen molar-refractivity contribution >= 4 is 48.8 Å². The van der Waals surface area contributed by atoms with E-state index in [2.05, 4.69) is 36.6 Å². The first-order valence-corrected chi connectivity index (χ1v) is 6.23. The minimum absolute atomic E-state index is 0.318. The fraction of sp³-hybridized carbons (Fsp3) is 0.182. The van der Waals surface area contributed by atoms with Crippen LogP contribution in [0, 0.1) is 0 Å². The Balaban J connectivity index is 2.42. The van der Waals surface area contributed by atoms with Gasteiger partial charge in [0.15, 0.2) is 4.67 Å². The first-order valence-electron chi connectivity index (χ1n) is 4.52. The van der Waals surface area contributed by atoms with Gasteiger partial charge in [-0.1, -0.05) is 22.0 Å². The molecule has 1 atom stereocenters. The van der Waals surface area contributed by atoms with Crippen molar-refractivity contribution in [3.63, 3.8) is 0 Å². The lowest BCUT2D eigenvalue weighted by atomic mass is 10.1. The van der Waals surface area contributed by atoms with Crippen molar-refractivity contribution in [3.8, 4) is 0 Å². The van der Waals surface area contributed by atoms with Gasteiger partial charge in [-0.25, -0.2) is 0 Å². The van der Waals surface area contributed by atoms with Crippen LogP contribution >= 0.6 is 31.9 Å². The van der Waals surface area contributed by atoms with Crippen LogP contribution in [0.25, 0.3) is 11.0 Å². The molecule has 0 saturated heterocycles. The van der Waals surface area contributed by atoms with E-state index in [4.69, 9.17) is 4.42 Å². The smallest absolute Gasteiger partial charge is 0.323 e. The fourth-order valence-electron chi connectivity index (χ4n) is 1.43. The highest BCUT2D eigenvalue weighted by molar-refractivity contribution is 9.10. The molecule has 0 amide bonds. The molecule has 84 valence electrons. The number of furan rings is 1. The lowest BCUT2D eigenvalue weighted by molar-refractivity contribution is -0.139. The Hall–Kier alpha value is -0.810. The van der Waals surface area contributed by atoms with Gasteiger partial charge in [-0.3, -0.25) is 4.79 Å². The van der Waals surface area contributed by atoms with E-state index in [1.807, 2.05) is 24.3 Å². The van der Waals surface area contributed by atoms with Gasteiger partial charge in [0.05, 0.1) is 7.11 Å². The summed E-state index contributed by atoms with van der Waals surface area (Å²) >= 11 is 6.55. The molecule has 0 aliphatic carbocycles. The summed E-state index contributed by atoms with van der Waals surface area (Å²) in [7, 11) is 1.36. The number of carbonyl (C=O) groups excluding carboxylic acids is 1. The van der Waals surface area contributed by atoms with Crippen LogP contribution < -0.4 is 0 Å². The Bertz CT molecular complexity index is 533. The standard InChI is InChI=1S/C11H8Br2O3/c1-15-11(14)10(13)6-2-3-8-7(4-6)5-9(12)16-8/h2-5,10H,1H3/t10-/m0/s1. The number of benzene rings is 1. The number of halogens is 2. The molecule has 0 spiro atoms. The zero-order chi connectivity index (χ0) is 11.7. The second-order valence-electron chi connectivity index (χ2n) is 3.23. The number of methoxy groups -OCH3 is 1. The highest BCUT2D eigenvalue weighted by Crippen LogP contribution is 2.30. The van der Waals surface area contributed by atoms with Crippen LogP contribution in [0.5, 0.6) is 0 Å². The highest BCUT2D eigenvalue weighted by Gasteiger charge is 2.18. The molecular formula is C11H8Br2O3. The van der Waals surface area contributed by atoms with E-state index in [-0.39, 0.29) is 5.97 Å². The molecule has 1 heterocycles. The van der Waals surface area contributed by atoms with Gasteiger partial charge in [0.25, 0.3) is 0 Å². The summed E-state index contributed by atoms with van der Waals surface area (Å²) in [5, 5.41) is 0.942. The zero-order valence-corrected chi connectivity index (χ0v) is 11.5. The maximum absolute atomic E-state index is 11.4. The van der Waals surface area contributed by atoms with Crippen molar-refractivity contribution in [2.75, 3.05) is 7.11 Å². The topological polar surface area (TPSA) is 39.4 Å². The third-order valence-electron chi connectivity index (χ3n) is 2.21. The van der Waals surface area contributed by atoms with Gasteiger partial charge in [-0.2, -0.15) is 0 Å². The molecule has 5 heteroatoms. The monoisotopic (exact) mass is 346 g/mol. The van der Waals surface area contributed by atoms with Crippen molar-refractivity contribution < 1.29 is 13.9 Å². The lowest BCUT2D eigenvalue weighted by Crippen LogP contribution is -2.07. The molecule has 16 heavy (non-hydrogen) atoms. The average molecular weight is 348 g/mol. The molecule has 1 aromatic carbocycles. The van der Waals surface area contributed by atoms with E-state index in [1.165, 1.54) is 7.11 Å². The molecule has 1 aromatic heterocycles. The van der Waals surface area contributed by atoms with Gasteiger partial charge in [-0.15, -0.1) is 0 Å². The normalized spacial score (nSPS) is 12.7. The maximum atomic E-state index is 11.4. The number of hydrogen-bond donors (Lipinski definition) is 0. The molecular weight excluding hydrogens is 340 g/mol. The molecule has 0 N–H and O–H groups in total. The predicted molar refractivity (Wildman–Crippen MR) is 67.6 cm³/mol. The van der Waals surface area contributed by atoms with Gasteiger partial charge < -0.3 is 9.15 Å². The lowest BCUT2D eigenvalue weighted by Gasteiger charge is -2.07. The summed E-state index contributed by atoms with van der Waals surface area (Å²) in [5.41, 5.74) is 1.62. The van der Waals surface area contributed by atoms with Gasteiger partial charge in [0.2, 0.25) is 0 Å². The second kappa shape index (κ2) is 4.59. The first kappa shape index (κ1) is 11.7. The Morgan fingerprint density at radius 1 is 1.44 bits per heavy atom. The van der Waals surface area contributed by atoms with Crippen LogP contribution in [0.3, 0.4) is 0 Å². The first-order chi connectivity index (χ1) is 7.61. The number of carbonyl (C=O) groups is 1. The predicted octanol–water partition coefficient (Wildman–Crippen LogP) is 3.80. The van der Waals surface area contributed by atoms with Crippen molar-refractivity contribution in [1.29, 1.82) is 0 Å².